The molecule has 0 spiro atoms. The lowest BCUT2D eigenvalue weighted by molar-refractivity contribution is -0.179. The number of hydrogen-bond acceptors (Lipinski definition) is 4. The van der Waals surface area contributed by atoms with E-state index in [9.17, 15) is 15.0 Å². The third-order valence-corrected chi connectivity index (χ3v) is 2.85. The standard InChI is InChI=1S/C10H18O4/c1-5(11)4-8-6(2)9(12)7(3)10(13)14-8/h5-9,11-12H,4H2,1-3H3/t5-,6?,7-,8+,9?/m1/s1. The number of aliphatic hydroxyl groups excluding tert-OH is 2. The van der Waals surface area contributed by atoms with Crippen molar-refractivity contribution in [3.63, 3.8) is 0 Å². The van der Waals surface area contributed by atoms with Crippen molar-refractivity contribution in [1.82, 2.24) is 0 Å². The average molecular weight is 202 g/mol. The van der Waals surface area contributed by atoms with Gasteiger partial charge < -0.3 is 14.9 Å². The fourth-order valence-electron chi connectivity index (χ4n) is 1.78. The maximum absolute atomic E-state index is 11.3. The Bertz CT molecular complexity index is 214. The van der Waals surface area contributed by atoms with Gasteiger partial charge in [0.15, 0.2) is 0 Å². The Morgan fingerprint density at radius 1 is 1.50 bits per heavy atom. The summed E-state index contributed by atoms with van der Waals surface area (Å²) in [6.45, 7) is 5.13. The Morgan fingerprint density at radius 2 is 2.07 bits per heavy atom. The van der Waals surface area contributed by atoms with E-state index in [2.05, 4.69) is 0 Å². The molecule has 1 aliphatic heterocycles. The van der Waals surface area contributed by atoms with E-state index in [1.807, 2.05) is 6.92 Å². The van der Waals surface area contributed by atoms with Gasteiger partial charge in [0.25, 0.3) is 0 Å². The van der Waals surface area contributed by atoms with Crippen molar-refractivity contribution < 1.29 is 19.7 Å². The van der Waals surface area contributed by atoms with Crippen molar-refractivity contribution in [2.45, 2.75) is 45.5 Å². The predicted molar refractivity (Wildman–Crippen MR) is 50.5 cm³/mol. The van der Waals surface area contributed by atoms with Crippen LogP contribution in [0.4, 0.5) is 0 Å². The molecule has 1 heterocycles. The molecule has 82 valence electrons. The highest BCUT2D eigenvalue weighted by Gasteiger charge is 2.40. The Balaban J connectivity index is 2.65. The second kappa shape index (κ2) is 4.28. The number of carbonyl (C=O) groups excluding carboxylic acids is 1. The monoisotopic (exact) mass is 202 g/mol. The van der Waals surface area contributed by atoms with Crippen LogP contribution in [0.3, 0.4) is 0 Å². The molecule has 2 unspecified atom stereocenters. The molecule has 0 aromatic rings. The van der Waals surface area contributed by atoms with E-state index in [1.54, 1.807) is 13.8 Å². The van der Waals surface area contributed by atoms with Gasteiger partial charge in [-0.05, 0) is 13.8 Å². The summed E-state index contributed by atoms with van der Waals surface area (Å²) in [5.74, 6) is -0.950. The van der Waals surface area contributed by atoms with E-state index in [4.69, 9.17) is 4.74 Å². The smallest absolute Gasteiger partial charge is 0.311 e. The number of esters is 1. The number of hydrogen-bond donors (Lipinski definition) is 2. The van der Waals surface area contributed by atoms with Crippen molar-refractivity contribution in [3.8, 4) is 0 Å². The third-order valence-electron chi connectivity index (χ3n) is 2.85. The van der Waals surface area contributed by atoms with Gasteiger partial charge >= 0.3 is 5.97 Å². The highest BCUT2D eigenvalue weighted by atomic mass is 16.5. The van der Waals surface area contributed by atoms with Crippen molar-refractivity contribution in [2.75, 3.05) is 0 Å². The zero-order valence-corrected chi connectivity index (χ0v) is 8.80. The van der Waals surface area contributed by atoms with Crippen LogP contribution >= 0.6 is 0 Å². The molecular weight excluding hydrogens is 184 g/mol. The number of rotatable bonds is 2. The van der Waals surface area contributed by atoms with E-state index < -0.39 is 18.1 Å². The van der Waals surface area contributed by atoms with Crippen LogP contribution in [0.2, 0.25) is 0 Å². The van der Waals surface area contributed by atoms with Gasteiger partial charge in [0.2, 0.25) is 0 Å². The quantitative estimate of drug-likeness (QED) is 0.633. The van der Waals surface area contributed by atoms with Gasteiger partial charge in [0, 0.05) is 12.3 Å². The first-order valence-electron chi connectivity index (χ1n) is 5.00. The minimum Gasteiger partial charge on any atom is -0.462 e. The molecule has 1 rings (SSSR count). The molecule has 0 saturated carbocycles. The third kappa shape index (κ3) is 2.25. The van der Waals surface area contributed by atoms with E-state index >= 15 is 0 Å². The zero-order chi connectivity index (χ0) is 10.9. The summed E-state index contributed by atoms with van der Waals surface area (Å²) in [6, 6.07) is 0. The summed E-state index contributed by atoms with van der Waals surface area (Å²) in [6.07, 6.45) is -1.17. The fourth-order valence-corrected chi connectivity index (χ4v) is 1.78. The van der Waals surface area contributed by atoms with E-state index in [1.165, 1.54) is 0 Å². The van der Waals surface area contributed by atoms with Crippen molar-refractivity contribution >= 4 is 5.97 Å². The van der Waals surface area contributed by atoms with Gasteiger partial charge in [-0.2, -0.15) is 0 Å². The van der Waals surface area contributed by atoms with Crippen LogP contribution in [0, 0.1) is 11.8 Å². The summed E-state index contributed by atoms with van der Waals surface area (Å²) in [5, 5.41) is 18.9. The van der Waals surface area contributed by atoms with Crippen molar-refractivity contribution in [2.24, 2.45) is 11.8 Å². The lowest BCUT2D eigenvalue weighted by Crippen LogP contribution is -2.47. The second-order valence-corrected chi connectivity index (χ2v) is 4.20. The minimum atomic E-state index is -0.667. The van der Waals surface area contributed by atoms with E-state index in [-0.39, 0.29) is 18.0 Å². The van der Waals surface area contributed by atoms with Crippen LogP contribution in [-0.4, -0.2) is 34.5 Å². The first kappa shape index (κ1) is 11.5. The molecule has 0 aromatic heterocycles. The Labute approximate surface area is 83.9 Å². The Hall–Kier alpha value is -0.610. The average Bonchev–Trinajstić information content (AvgIpc) is 2.10. The van der Waals surface area contributed by atoms with Crippen LogP contribution < -0.4 is 0 Å². The molecule has 2 N–H and O–H groups in total. The number of aliphatic hydroxyl groups is 2. The molecule has 0 aliphatic carbocycles. The summed E-state index contributed by atoms with van der Waals surface area (Å²) in [7, 11) is 0. The molecule has 0 amide bonds. The van der Waals surface area contributed by atoms with Crippen molar-refractivity contribution in [1.29, 1.82) is 0 Å². The molecule has 14 heavy (non-hydrogen) atoms. The molecule has 4 heteroatoms. The Kier molecular flexibility index (Phi) is 3.50. The SMILES string of the molecule is CC1C(O)[C@@H](C)C(=O)O[C@H]1C[C@@H](C)O. The van der Waals surface area contributed by atoms with Crippen LogP contribution in [0.25, 0.3) is 0 Å². The van der Waals surface area contributed by atoms with Gasteiger partial charge in [0.05, 0.1) is 18.1 Å². The number of carbonyl (C=O) groups is 1. The summed E-state index contributed by atoms with van der Waals surface area (Å²) >= 11 is 0. The summed E-state index contributed by atoms with van der Waals surface area (Å²) < 4.78 is 5.13. The molecule has 0 radical (unpaired) electrons. The van der Waals surface area contributed by atoms with Gasteiger partial charge in [-0.3, -0.25) is 4.79 Å². The highest BCUT2D eigenvalue weighted by molar-refractivity contribution is 5.73. The van der Waals surface area contributed by atoms with Crippen LogP contribution in [0.15, 0.2) is 0 Å². The number of ether oxygens (including phenoxy) is 1. The maximum Gasteiger partial charge on any atom is 0.311 e. The number of cyclic esters (lactones) is 1. The molecule has 0 aromatic carbocycles. The van der Waals surface area contributed by atoms with Crippen LogP contribution in [0.1, 0.15) is 27.2 Å². The fraction of sp³-hybridized carbons (Fsp3) is 0.900. The molecule has 5 atom stereocenters. The molecule has 4 nitrogen and oxygen atoms in total. The second-order valence-electron chi connectivity index (χ2n) is 4.20. The van der Waals surface area contributed by atoms with Gasteiger partial charge in [0.1, 0.15) is 6.10 Å². The zero-order valence-electron chi connectivity index (χ0n) is 8.80. The molecule has 1 saturated heterocycles. The van der Waals surface area contributed by atoms with E-state index in [0.29, 0.717) is 6.42 Å². The highest BCUT2D eigenvalue weighted by Crippen LogP contribution is 2.28. The van der Waals surface area contributed by atoms with Crippen LogP contribution in [-0.2, 0) is 9.53 Å². The van der Waals surface area contributed by atoms with Gasteiger partial charge in [-0.15, -0.1) is 0 Å². The lowest BCUT2D eigenvalue weighted by Gasteiger charge is -2.36. The predicted octanol–water partition coefficient (Wildman–Crippen LogP) is 0.316. The van der Waals surface area contributed by atoms with E-state index in [0.717, 1.165) is 0 Å². The lowest BCUT2D eigenvalue weighted by atomic mass is 9.84. The first-order chi connectivity index (χ1) is 6.43. The minimum absolute atomic E-state index is 0.114. The molecule has 1 aliphatic rings. The largest absolute Gasteiger partial charge is 0.462 e. The van der Waals surface area contributed by atoms with Crippen LogP contribution in [0.5, 0.6) is 0 Å². The Morgan fingerprint density at radius 3 is 2.57 bits per heavy atom. The first-order valence-corrected chi connectivity index (χ1v) is 5.00. The summed E-state index contributed by atoms with van der Waals surface area (Å²) in [4.78, 5) is 11.3. The van der Waals surface area contributed by atoms with Gasteiger partial charge in [-0.25, -0.2) is 0 Å². The molecule has 1 fully saturated rings. The molecule has 0 bridgehead atoms. The molecular formula is C10H18O4. The maximum atomic E-state index is 11.3. The van der Waals surface area contributed by atoms with Crippen molar-refractivity contribution in [3.05, 3.63) is 0 Å². The summed E-state index contributed by atoms with van der Waals surface area (Å²) in [5.41, 5.74) is 0. The van der Waals surface area contributed by atoms with Gasteiger partial charge in [-0.1, -0.05) is 6.92 Å². The topological polar surface area (TPSA) is 66.8 Å². The normalized spacial score (nSPS) is 40.5.